The van der Waals surface area contributed by atoms with Crippen molar-refractivity contribution in [2.24, 2.45) is 0 Å². The van der Waals surface area contributed by atoms with Crippen LogP contribution in [0.2, 0.25) is 0 Å². The van der Waals surface area contributed by atoms with Gasteiger partial charge >= 0.3 is 16.3 Å². The molecule has 0 saturated carbocycles. The molecule has 0 spiro atoms. The van der Waals surface area contributed by atoms with Crippen LogP contribution in [0.25, 0.3) is 0 Å². The fraction of sp³-hybridized carbons (Fsp3) is 0.200. The second kappa shape index (κ2) is 5.92. The van der Waals surface area contributed by atoms with Gasteiger partial charge in [-0.2, -0.15) is 13.7 Å². The first-order chi connectivity index (χ1) is 8.88. The van der Waals surface area contributed by atoms with Crippen molar-refractivity contribution in [2.75, 3.05) is 17.1 Å². The molecule has 0 aliphatic carbocycles. The molecular formula is C10H12N4O4S. The standard InChI is InChI=1S/C10H12N4O4S/c1-2-18-10(15)14-19(16,17)13-9-4-3-8(12)5-7(9)6-11/h3-5,13H,2,12H2,1H3,(H,14,15). The number of rotatable bonds is 4. The summed E-state index contributed by atoms with van der Waals surface area (Å²) in [6.07, 6.45) is -1.11. The smallest absolute Gasteiger partial charge is 0.422 e. The number of nitriles is 1. The van der Waals surface area contributed by atoms with Gasteiger partial charge in [0.1, 0.15) is 6.07 Å². The van der Waals surface area contributed by atoms with E-state index in [-0.39, 0.29) is 17.9 Å². The molecule has 0 bridgehead atoms. The number of nitrogens with zero attached hydrogens (tertiary/aromatic N) is 1. The van der Waals surface area contributed by atoms with E-state index in [1.165, 1.54) is 25.1 Å². The van der Waals surface area contributed by atoms with Crippen LogP contribution in [0, 0.1) is 11.3 Å². The monoisotopic (exact) mass is 284 g/mol. The highest BCUT2D eigenvalue weighted by atomic mass is 32.2. The topological polar surface area (TPSA) is 134 Å². The van der Waals surface area contributed by atoms with Crippen LogP contribution in [-0.2, 0) is 14.9 Å². The Kier molecular flexibility index (Phi) is 4.55. The first-order valence-electron chi connectivity index (χ1n) is 5.15. The van der Waals surface area contributed by atoms with Crippen molar-refractivity contribution in [3.63, 3.8) is 0 Å². The van der Waals surface area contributed by atoms with Gasteiger partial charge in [-0.1, -0.05) is 0 Å². The number of carbonyl (C=O) groups excluding carboxylic acids is 1. The molecule has 4 N–H and O–H groups in total. The maximum Gasteiger partial charge on any atom is 0.422 e. The summed E-state index contributed by atoms with van der Waals surface area (Å²) in [5, 5.41) is 8.85. The second-order valence-electron chi connectivity index (χ2n) is 3.34. The molecule has 1 amide bonds. The normalized spacial score (nSPS) is 10.3. The SMILES string of the molecule is CCOC(=O)NS(=O)(=O)Nc1ccc(N)cc1C#N. The lowest BCUT2D eigenvalue weighted by atomic mass is 10.2. The summed E-state index contributed by atoms with van der Waals surface area (Å²) in [5.74, 6) is 0. The van der Waals surface area contributed by atoms with Crippen molar-refractivity contribution < 1.29 is 17.9 Å². The van der Waals surface area contributed by atoms with Gasteiger partial charge in [0, 0.05) is 5.69 Å². The summed E-state index contributed by atoms with van der Waals surface area (Å²) in [4.78, 5) is 11.0. The summed E-state index contributed by atoms with van der Waals surface area (Å²) in [7, 11) is -4.17. The van der Waals surface area contributed by atoms with E-state index in [1.54, 1.807) is 10.8 Å². The van der Waals surface area contributed by atoms with Gasteiger partial charge in [-0.05, 0) is 25.1 Å². The first-order valence-corrected chi connectivity index (χ1v) is 6.63. The highest BCUT2D eigenvalue weighted by molar-refractivity contribution is 7.91. The predicted octanol–water partition coefficient (Wildman–Crippen LogP) is 0.543. The number of amides is 1. The van der Waals surface area contributed by atoms with Crippen molar-refractivity contribution in [3.05, 3.63) is 23.8 Å². The number of hydrogen-bond donors (Lipinski definition) is 3. The lowest BCUT2D eigenvalue weighted by Gasteiger charge is -2.10. The van der Waals surface area contributed by atoms with Gasteiger partial charge < -0.3 is 10.5 Å². The maximum atomic E-state index is 11.6. The van der Waals surface area contributed by atoms with Gasteiger partial charge in [0.2, 0.25) is 0 Å². The minimum Gasteiger partial charge on any atom is -0.449 e. The zero-order valence-electron chi connectivity index (χ0n) is 10.0. The second-order valence-corrected chi connectivity index (χ2v) is 4.76. The number of anilines is 2. The third kappa shape index (κ3) is 4.36. The summed E-state index contributed by atoms with van der Waals surface area (Å²) >= 11 is 0. The van der Waals surface area contributed by atoms with E-state index in [9.17, 15) is 13.2 Å². The lowest BCUT2D eigenvalue weighted by Crippen LogP contribution is -2.35. The Morgan fingerprint density at radius 3 is 2.79 bits per heavy atom. The van der Waals surface area contributed by atoms with Gasteiger partial charge in [-0.15, -0.1) is 0 Å². The zero-order valence-corrected chi connectivity index (χ0v) is 10.8. The summed E-state index contributed by atoms with van der Waals surface area (Å²) in [6, 6.07) is 5.83. The van der Waals surface area contributed by atoms with Gasteiger partial charge in [-0.25, -0.2) is 9.52 Å². The van der Waals surface area contributed by atoms with Crippen molar-refractivity contribution >= 4 is 27.7 Å². The fourth-order valence-electron chi connectivity index (χ4n) is 1.18. The maximum absolute atomic E-state index is 11.6. The number of ether oxygens (including phenoxy) is 1. The molecule has 19 heavy (non-hydrogen) atoms. The molecule has 102 valence electrons. The number of hydrogen-bond acceptors (Lipinski definition) is 6. The van der Waals surface area contributed by atoms with E-state index in [1.807, 2.05) is 4.72 Å². The van der Waals surface area contributed by atoms with Gasteiger partial charge in [-0.3, -0.25) is 4.72 Å². The van der Waals surface area contributed by atoms with E-state index in [0.29, 0.717) is 5.69 Å². The average Bonchev–Trinajstić information content (AvgIpc) is 2.30. The van der Waals surface area contributed by atoms with Crippen molar-refractivity contribution in [1.29, 1.82) is 5.26 Å². The molecule has 0 fully saturated rings. The van der Waals surface area contributed by atoms with E-state index < -0.39 is 16.3 Å². The quantitative estimate of drug-likeness (QED) is 0.691. The molecule has 0 radical (unpaired) electrons. The molecule has 9 heteroatoms. The molecule has 0 unspecified atom stereocenters. The van der Waals surface area contributed by atoms with Crippen LogP contribution < -0.4 is 15.2 Å². The highest BCUT2D eigenvalue weighted by Crippen LogP contribution is 2.18. The molecule has 1 aromatic rings. The Balaban J connectivity index is 2.90. The van der Waals surface area contributed by atoms with Gasteiger partial charge in [0.15, 0.2) is 0 Å². The Hall–Kier alpha value is -2.47. The van der Waals surface area contributed by atoms with Crippen LogP contribution in [-0.4, -0.2) is 21.1 Å². The molecule has 0 aliphatic rings. The lowest BCUT2D eigenvalue weighted by molar-refractivity contribution is 0.159. The predicted molar refractivity (Wildman–Crippen MR) is 68.3 cm³/mol. The third-order valence-electron chi connectivity index (χ3n) is 1.90. The number of carbonyl (C=O) groups is 1. The Morgan fingerprint density at radius 2 is 2.21 bits per heavy atom. The Labute approximate surface area is 110 Å². The minimum atomic E-state index is -4.17. The van der Waals surface area contributed by atoms with Crippen LogP contribution in [0.1, 0.15) is 12.5 Å². The molecule has 0 aliphatic heterocycles. The number of nitrogens with two attached hydrogens (primary N) is 1. The number of benzene rings is 1. The average molecular weight is 284 g/mol. The molecule has 1 aromatic carbocycles. The molecular weight excluding hydrogens is 272 g/mol. The molecule has 0 aromatic heterocycles. The first kappa shape index (κ1) is 14.6. The van der Waals surface area contributed by atoms with Gasteiger partial charge in [0.05, 0.1) is 17.9 Å². The molecule has 1 rings (SSSR count). The number of nitrogen functional groups attached to an aromatic ring is 1. The molecule has 0 saturated heterocycles. The van der Waals surface area contributed by atoms with E-state index >= 15 is 0 Å². The van der Waals surface area contributed by atoms with Crippen LogP contribution in [0.4, 0.5) is 16.2 Å². The summed E-state index contributed by atoms with van der Waals surface area (Å²) < 4.78 is 31.3. The molecule has 0 heterocycles. The zero-order chi connectivity index (χ0) is 14.5. The minimum absolute atomic E-state index is 0.00787. The Morgan fingerprint density at radius 1 is 1.53 bits per heavy atom. The van der Waals surface area contributed by atoms with Crippen LogP contribution in [0.15, 0.2) is 18.2 Å². The highest BCUT2D eigenvalue weighted by Gasteiger charge is 2.16. The van der Waals surface area contributed by atoms with Crippen LogP contribution in [0.5, 0.6) is 0 Å². The van der Waals surface area contributed by atoms with Crippen molar-refractivity contribution in [1.82, 2.24) is 4.72 Å². The Bertz CT molecular complexity index is 621. The summed E-state index contributed by atoms with van der Waals surface area (Å²) in [6.45, 7) is 1.57. The van der Waals surface area contributed by atoms with Crippen molar-refractivity contribution in [2.45, 2.75) is 6.92 Å². The number of nitrogens with one attached hydrogen (secondary N) is 2. The summed E-state index contributed by atoms with van der Waals surface area (Å²) in [5.41, 5.74) is 5.83. The van der Waals surface area contributed by atoms with Crippen molar-refractivity contribution in [3.8, 4) is 6.07 Å². The van der Waals surface area contributed by atoms with Gasteiger partial charge in [0.25, 0.3) is 0 Å². The van der Waals surface area contributed by atoms with Crippen LogP contribution >= 0.6 is 0 Å². The molecule has 8 nitrogen and oxygen atoms in total. The third-order valence-corrected chi connectivity index (χ3v) is 2.83. The fourth-order valence-corrected chi connectivity index (χ4v) is 1.98. The largest absolute Gasteiger partial charge is 0.449 e. The van der Waals surface area contributed by atoms with Crippen LogP contribution in [0.3, 0.4) is 0 Å². The molecule has 0 atom stereocenters. The van der Waals surface area contributed by atoms with E-state index in [4.69, 9.17) is 11.0 Å². The van der Waals surface area contributed by atoms with E-state index in [0.717, 1.165) is 0 Å². The van der Waals surface area contributed by atoms with E-state index in [2.05, 4.69) is 4.74 Å².